The van der Waals surface area contributed by atoms with Crippen LogP contribution >= 0.6 is 0 Å². The molecule has 2 aliphatic rings. The zero-order chi connectivity index (χ0) is 23.7. The summed E-state index contributed by atoms with van der Waals surface area (Å²) in [5.74, 6) is -0.849. The molecule has 5 nitrogen and oxygen atoms in total. The first-order chi connectivity index (χ1) is 15.8. The lowest BCUT2D eigenvalue weighted by molar-refractivity contribution is -0.140. The molecule has 1 atom stereocenters. The van der Waals surface area contributed by atoms with Crippen LogP contribution in [0.15, 0.2) is 48.0 Å². The van der Waals surface area contributed by atoms with Crippen molar-refractivity contribution >= 4 is 17.4 Å². The highest BCUT2D eigenvalue weighted by Gasteiger charge is 2.45. The monoisotopic (exact) mass is 446 g/mol. The molecule has 0 saturated carbocycles. The van der Waals surface area contributed by atoms with E-state index >= 15 is 0 Å². The fraction of sp³-hybridized carbons (Fsp3) is 0.429. The minimum Gasteiger partial charge on any atom is -0.507 e. The Kier molecular flexibility index (Phi) is 6.71. The van der Waals surface area contributed by atoms with E-state index < -0.39 is 17.7 Å². The normalized spacial score (nSPS) is 20.1. The maximum Gasteiger partial charge on any atom is 0.295 e. The van der Waals surface area contributed by atoms with Crippen LogP contribution in [-0.4, -0.2) is 53.8 Å². The Morgan fingerprint density at radius 3 is 2.33 bits per heavy atom. The Morgan fingerprint density at radius 1 is 1.03 bits per heavy atom. The van der Waals surface area contributed by atoms with Crippen LogP contribution < -0.4 is 0 Å². The fourth-order valence-electron chi connectivity index (χ4n) is 4.86. The van der Waals surface area contributed by atoms with E-state index in [1.807, 2.05) is 55.4 Å². The summed E-state index contributed by atoms with van der Waals surface area (Å²) in [6, 6.07) is 13.4. The number of benzene rings is 2. The number of aliphatic hydroxyl groups excluding tert-OH is 1. The highest BCUT2D eigenvalue weighted by molar-refractivity contribution is 6.46. The molecule has 1 aliphatic heterocycles. The predicted octanol–water partition coefficient (Wildman–Crippen LogP) is 4.67. The number of fused-ring (bicyclic) bond motifs is 1. The van der Waals surface area contributed by atoms with E-state index in [2.05, 4.69) is 19.9 Å². The molecule has 5 heteroatoms. The van der Waals surface area contributed by atoms with Gasteiger partial charge in [0.05, 0.1) is 11.6 Å². The number of aryl methyl sites for hydroxylation is 2. The second-order valence-electron chi connectivity index (χ2n) is 9.81. The summed E-state index contributed by atoms with van der Waals surface area (Å²) in [6.45, 7) is 5.31. The van der Waals surface area contributed by atoms with Crippen LogP contribution in [0.2, 0.25) is 0 Å². The van der Waals surface area contributed by atoms with Crippen molar-refractivity contribution in [2.75, 3.05) is 27.2 Å². The van der Waals surface area contributed by atoms with Gasteiger partial charge in [-0.05, 0) is 74.0 Å². The van der Waals surface area contributed by atoms with Crippen molar-refractivity contribution in [3.63, 3.8) is 0 Å². The molecule has 2 aromatic rings. The van der Waals surface area contributed by atoms with Gasteiger partial charge in [0.2, 0.25) is 0 Å². The number of ketones is 1. The van der Waals surface area contributed by atoms with Crippen molar-refractivity contribution in [1.29, 1.82) is 0 Å². The van der Waals surface area contributed by atoms with Crippen LogP contribution in [0.4, 0.5) is 0 Å². The van der Waals surface area contributed by atoms with Crippen LogP contribution in [0.3, 0.4) is 0 Å². The van der Waals surface area contributed by atoms with Gasteiger partial charge in [0.15, 0.2) is 0 Å². The number of rotatable bonds is 6. The number of aliphatic hydroxyl groups is 1. The highest BCUT2D eigenvalue weighted by atomic mass is 16.3. The van der Waals surface area contributed by atoms with Crippen molar-refractivity contribution < 1.29 is 14.7 Å². The molecule has 1 heterocycles. The summed E-state index contributed by atoms with van der Waals surface area (Å²) in [6.07, 6.45) is 4.34. The maximum absolute atomic E-state index is 13.2. The molecule has 2 aromatic carbocycles. The highest BCUT2D eigenvalue weighted by Crippen LogP contribution is 2.40. The van der Waals surface area contributed by atoms with Gasteiger partial charge in [0.1, 0.15) is 5.76 Å². The minimum absolute atomic E-state index is 0.0768. The first-order valence-corrected chi connectivity index (χ1v) is 11.9. The van der Waals surface area contributed by atoms with Gasteiger partial charge in [-0.3, -0.25) is 9.59 Å². The van der Waals surface area contributed by atoms with Gasteiger partial charge in [-0.1, -0.05) is 50.2 Å². The molecular weight excluding hydrogens is 412 g/mol. The molecular formula is C28H34N2O3. The Labute approximate surface area is 196 Å². The number of nitrogens with zero attached hydrogens (tertiary/aromatic N) is 2. The van der Waals surface area contributed by atoms with Crippen molar-refractivity contribution in [2.24, 2.45) is 0 Å². The summed E-state index contributed by atoms with van der Waals surface area (Å²) in [5.41, 5.74) is 5.38. The molecule has 1 saturated heterocycles. The van der Waals surface area contributed by atoms with E-state index in [-0.39, 0.29) is 11.3 Å². The molecule has 1 fully saturated rings. The van der Waals surface area contributed by atoms with Gasteiger partial charge < -0.3 is 14.9 Å². The third kappa shape index (κ3) is 4.60. The Bertz CT molecular complexity index is 1080. The smallest absolute Gasteiger partial charge is 0.295 e. The van der Waals surface area contributed by atoms with Crippen LogP contribution in [0.1, 0.15) is 66.5 Å². The maximum atomic E-state index is 13.2. The number of amides is 1. The molecule has 174 valence electrons. The largest absolute Gasteiger partial charge is 0.507 e. The molecule has 4 rings (SSSR count). The third-order valence-electron chi connectivity index (χ3n) is 6.87. The van der Waals surface area contributed by atoms with Crippen LogP contribution in [0, 0.1) is 0 Å². The van der Waals surface area contributed by atoms with Gasteiger partial charge >= 0.3 is 0 Å². The minimum atomic E-state index is -0.609. The Balaban J connectivity index is 1.81. The van der Waals surface area contributed by atoms with E-state index in [0.29, 0.717) is 24.6 Å². The number of hydrogen-bond acceptors (Lipinski definition) is 4. The summed E-state index contributed by atoms with van der Waals surface area (Å²) >= 11 is 0. The Hall–Kier alpha value is -2.92. The summed E-state index contributed by atoms with van der Waals surface area (Å²) in [7, 11) is 3.88. The van der Waals surface area contributed by atoms with Crippen molar-refractivity contribution in [2.45, 2.75) is 51.5 Å². The number of Topliss-reactive ketones (excluding diaryl/α,β-unsaturated/α-hetero) is 1. The SMILES string of the molecule is CC(C)c1ccc(C2/C(=C(/O)c3ccc4c(c3)CCCC4)C(=O)C(=O)N2CCN(C)C)cc1. The quantitative estimate of drug-likeness (QED) is 0.398. The summed E-state index contributed by atoms with van der Waals surface area (Å²) < 4.78 is 0. The van der Waals surface area contributed by atoms with E-state index in [4.69, 9.17) is 0 Å². The average molecular weight is 447 g/mol. The number of likely N-dealkylation sites (N-methyl/N-ethyl adjacent to an activating group) is 1. The van der Waals surface area contributed by atoms with Gasteiger partial charge in [0.25, 0.3) is 11.7 Å². The third-order valence-corrected chi connectivity index (χ3v) is 6.87. The molecule has 0 aromatic heterocycles. The van der Waals surface area contributed by atoms with Gasteiger partial charge in [-0.15, -0.1) is 0 Å². The number of hydrogen-bond donors (Lipinski definition) is 1. The molecule has 1 aliphatic carbocycles. The zero-order valence-electron chi connectivity index (χ0n) is 20.1. The lowest BCUT2D eigenvalue weighted by Crippen LogP contribution is -2.35. The second kappa shape index (κ2) is 9.52. The fourth-order valence-corrected chi connectivity index (χ4v) is 4.86. The molecule has 1 unspecified atom stereocenters. The second-order valence-corrected chi connectivity index (χ2v) is 9.81. The van der Waals surface area contributed by atoms with E-state index in [0.717, 1.165) is 24.8 Å². The van der Waals surface area contributed by atoms with E-state index in [1.165, 1.54) is 23.1 Å². The van der Waals surface area contributed by atoms with Crippen LogP contribution in [-0.2, 0) is 22.4 Å². The summed E-state index contributed by atoms with van der Waals surface area (Å²) in [5, 5.41) is 11.3. The molecule has 0 spiro atoms. The zero-order valence-corrected chi connectivity index (χ0v) is 20.1. The predicted molar refractivity (Wildman–Crippen MR) is 131 cm³/mol. The lowest BCUT2D eigenvalue weighted by atomic mass is 9.88. The van der Waals surface area contributed by atoms with Crippen molar-refractivity contribution in [3.05, 3.63) is 75.9 Å². The summed E-state index contributed by atoms with van der Waals surface area (Å²) in [4.78, 5) is 29.9. The Morgan fingerprint density at radius 2 is 1.70 bits per heavy atom. The van der Waals surface area contributed by atoms with E-state index in [9.17, 15) is 14.7 Å². The van der Waals surface area contributed by atoms with Gasteiger partial charge in [-0.25, -0.2) is 0 Å². The lowest BCUT2D eigenvalue weighted by Gasteiger charge is -2.27. The molecule has 33 heavy (non-hydrogen) atoms. The first kappa shape index (κ1) is 23.2. The van der Waals surface area contributed by atoms with Crippen molar-refractivity contribution in [3.8, 4) is 0 Å². The number of likely N-dealkylation sites (tertiary alicyclic amines) is 1. The van der Waals surface area contributed by atoms with E-state index in [1.54, 1.807) is 4.90 Å². The number of carbonyl (C=O) groups excluding carboxylic acids is 2. The number of carbonyl (C=O) groups is 2. The first-order valence-electron chi connectivity index (χ1n) is 11.9. The van der Waals surface area contributed by atoms with Gasteiger partial charge in [0, 0.05) is 18.7 Å². The average Bonchev–Trinajstić information content (AvgIpc) is 3.06. The topological polar surface area (TPSA) is 60.9 Å². The van der Waals surface area contributed by atoms with Gasteiger partial charge in [-0.2, -0.15) is 0 Å². The standard InChI is InChI=1S/C28H34N2O3/c1-18(2)19-9-12-21(13-10-19)25-24(27(32)28(33)30(25)16-15-29(3)4)26(31)23-14-11-20-7-5-6-8-22(20)17-23/h9-14,17-18,25,31H,5-8,15-16H2,1-4H3/b26-24-. The van der Waals surface area contributed by atoms with Crippen LogP contribution in [0.25, 0.3) is 5.76 Å². The molecule has 0 radical (unpaired) electrons. The molecule has 1 N–H and O–H groups in total. The van der Waals surface area contributed by atoms with Crippen LogP contribution in [0.5, 0.6) is 0 Å². The molecule has 0 bridgehead atoms. The van der Waals surface area contributed by atoms with Crippen molar-refractivity contribution in [1.82, 2.24) is 9.80 Å². The molecule has 1 amide bonds.